The summed E-state index contributed by atoms with van der Waals surface area (Å²) in [4.78, 5) is 0. The summed E-state index contributed by atoms with van der Waals surface area (Å²) < 4.78 is 3.86. The van der Waals surface area contributed by atoms with Crippen molar-refractivity contribution in [2.75, 3.05) is 0 Å². The minimum Gasteiger partial charge on any atom is -0.175 e. The highest BCUT2D eigenvalue weighted by atomic mass is 32.1. The Morgan fingerprint density at radius 3 is 2.83 bits per heavy atom. The zero-order chi connectivity index (χ0) is 12.3. The number of aryl methyl sites for hydroxylation is 1. The Morgan fingerprint density at radius 2 is 1.94 bits per heavy atom. The van der Waals surface area contributed by atoms with Crippen LogP contribution < -0.4 is 4.57 Å². The highest BCUT2D eigenvalue weighted by Gasteiger charge is 2.37. The molecule has 18 heavy (non-hydrogen) atoms. The van der Waals surface area contributed by atoms with Gasteiger partial charge < -0.3 is 0 Å². The van der Waals surface area contributed by atoms with Crippen molar-refractivity contribution in [1.29, 1.82) is 0 Å². The van der Waals surface area contributed by atoms with Crippen LogP contribution >= 0.6 is 11.3 Å². The molecule has 0 saturated carbocycles. The van der Waals surface area contributed by atoms with Crippen molar-refractivity contribution in [3.05, 3.63) is 53.6 Å². The standard InChI is InChI=1S/C16H14NS/c1-10-7-8-12-13(9-10)11(2)17-14-5-3-4-6-15(14)18-16(12)17/h3-9,11H,1-2H3/q+1. The molecule has 2 aromatic carbocycles. The summed E-state index contributed by atoms with van der Waals surface area (Å²) in [7, 11) is 0. The Morgan fingerprint density at radius 1 is 1.11 bits per heavy atom. The molecule has 1 aromatic heterocycles. The first-order valence-electron chi connectivity index (χ1n) is 6.30. The molecule has 3 aromatic rings. The molecule has 88 valence electrons. The van der Waals surface area contributed by atoms with E-state index in [1.165, 1.54) is 31.9 Å². The molecule has 4 rings (SSSR count). The molecule has 0 spiro atoms. The topological polar surface area (TPSA) is 3.88 Å². The fourth-order valence-corrected chi connectivity index (χ4v) is 4.21. The van der Waals surface area contributed by atoms with Gasteiger partial charge in [-0.1, -0.05) is 35.1 Å². The van der Waals surface area contributed by atoms with Crippen molar-refractivity contribution in [3.63, 3.8) is 0 Å². The highest BCUT2D eigenvalue weighted by molar-refractivity contribution is 7.21. The van der Waals surface area contributed by atoms with Crippen LogP contribution in [0.4, 0.5) is 0 Å². The maximum Gasteiger partial charge on any atom is 0.271 e. The molecular formula is C16H14NS+. The first kappa shape index (κ1) is 10.3. The van der Waals surface area contributed by atoms with Crippen molar-refractivity contribution >= 4 is 21.6 Å². The highest BCUT2D eigenvalue weighted by Crippen LogP contribution is 2.40. The Hall–Kier alpha value is -1.67. The second-order valence-corrected chi connectivity index (χ2v) is 6.04. The smallest absolute Gasteiger partial charge is 0.175 e. The Balaban J connectivity index is 2.11. The number of hydrogen-bond donors (Lipinski definition) is 0. The Bertz CT molecular complexity index is 770. The van der Waals surface area contributed by atoms with Gasteiger partial charge in [0.1, 0.15) is 4.70 Å². The van der Waals surface area contributed by atoms with Crippen LogP contribution in [0.2, 0.25) is 0 Å². The van der Waals surface area contributed by atoms with Crippen LogP contribution in [0.15, 0.2) is 42.5 Å². The van der Waals surface area contributed by atoms with E-state index in [0.717, 1.165) is 0 Å². The van der Waals surface area contributed by atoms with Gasteiger partial charge in [-0.3, -0.25) is 0 Å². The summed E-state index contributed by atoms with van der Waals surface area (Å²) in [5.74, 6) is 0. The zero-order valence-electron chi connectivity index (χ0n) is 10.5. The number of thiazole rings is 1. The molecule has 2 heterocycles. The third kappa shape index (κ3) is 1.19. The minimum atomic E-state index is 0.450. The Kier molecular flexibility index (Phi) is 1.95. The van der Waals surface area contributed by atoms with E-state index in [9.17, 15) is 0 Å². The van der Waals surface area contributed by atoms with Crippen LogP contribution in [-0.4, -0.2) is 0 Å². The van der Waals surface area contributed by atoms with Crippen molar-refractivity contribution in [2.24, 2.45) is 0 Å². The van der Waals surface area contributed by atoms with E-state index in [4.69, 9.17) is 0 Å². The first-order valence-corrected chi connectivity index (χ1v) is 7.11. The van der Waals surface area contributed by atoms with Crippen molar-refractivity contribution in [1.82, 2.24) is 0 Å². The molecule has 0 saturated heterocycles. The van der Waals surface area contributed by atoms with Gasteiger partial charge in [0.25, 0.3) is 5.01 Å². The number of hydrogen-bond acceptors (Lipinski definition) is 1. The number of aromatic nitrogens is 1. The number of benzene rings is 2. The fraction of sp³-hybridized carbons (Fsp3) is 0.188. The molecular weight excluding hydrogens is 238 g/mol. The molecule has 0 N–H and O–H groups in total. The largest absolute Gasteiger partial charge is 0.271 e. The number of rotatable bonds is 0. The van der Waals surface area contributed by atoms with Gasteiger partial charge in [-0.2, -0.15) is 4.57 Å². The SMILES string of the molecule is Cc1ccc2c(c1)C(C)[n+]1c-2sc2ccccc21. The lowest BCUT2D eigenvalue weighted by molar-refractivity contribution is -0.665. The van der Waals surface area contributed by atoms with Gasteiger partial charge in [0, 0.05) is 18.6 Å². The molecule has 1 nitrogen and oxygen atoms in total. The molecule has 0 bridgehead atoms. The van der Waals surface area contributed by atoms with Crippen LogP contribution in [0.1, 0.15) is 24.1 Å². The van der Waals surface area contributed by atoms with Gasteiger partial charge in [-0.25, -0.2) is 0 Å². The van der Waals surface area contributed by atoms with Gasteiger partial charge >= 0.3 is 0 Å². The molecule has 0 radical (unpaired) electrons. The molecule has 1 atom stereocenters. The van der Waals surface area contributed by atoms with E-state index in [0.29, 0.717) is 6.04 Å². The van der Waals surface area contributed by atoms with E-state index in [1.54, 1.807) is 0 Å². The monoisotopic (exact) mass is 252 g/mol. The van der Waals surface area contributed by atoms with Crippen LogP contribution in [0.3, 0.4) is 0 Å². The average molecular weight is 252 g/mol. The summed E-state index contributed by atoms with van der Waals surface area (Å²) in [6.07, 6.45) is 0. The van der Waals surface area contributed by atoms with Gasteiger partial charge in [-0.15, -0.1) is 0 Å². The Labute approximate surface area is 110 Å². The lowest BCUT2D eigenvalue weighted by atomic mass is 10.0. The minimum absolute atomic E-state index is 0.450. The molecule has 0 amide bonds. The molecule has 1 aliphatic rings. The molecule has 1 aliphatic heterocycles. The van der Waals surface area contributed by atoms with Gasteiger partial charge in [0.05, 0.1) is 5.56 Å². The molecule has 0 fully saturated rings. The maximum atomic E-state index is 2.48. The quantitative estimate of drug-likeness (QED) is 0.531. The second-order valence-electron chi connectivity index (χ2n) is 5.01. The third-order valence-corrected chi connectivity index (χ3v) is 5.00. The molecule has 1 unspecified atom stereocenters. The predicted molar refractivity (Wildman–Crippen MR) is 76.0 cm³/mol. The molecule has 0 aliphatic carbocycles. The lowest BCUT2D eigenvalue weighted by Gasteiger charge is -2.02. The van der Waals surface area contributed by atoms with E-state index >= 15 is 0 Å². The lowest BCUT2D eigenvalue weighted by Crippen LogP contribution is -2.34. The van der Waals surface area contributed by atoms with Gasteiger partial charge in [0.15, 0.2) is 6.04 Å². The molecule has 2 heteroatoms. The number of para-hydroxylation sites is 1. The van der Waals surface area contributed by atoms with Crippen LogP contribution in [0.5, 0.6) is 0 Å². The average Bonchev–Trinajstić information content (AvgIpc) is 2.87. The van der Waals surface area contributed by atoms with Crippen molar-refractivity contribution in [3.8, 4) is 10.6 Å². The zero-order valence-corrected chi connectivity index (χ0v) is 11.3. The third-order valence-electron chi connectivity index (χ3n) is 3.83. The summed E-state index contributed by atoms with van der Waals surface area (Å²) in [5.41, 5.74) is 5.58. The van der Waals surface area contributed by atoms with Crippen LogP contribution in [0, 0.1) is 6.92 Å². The fourth-order valence-electron chi connectivity index (χ4n) is 2.94. The van der Waals surface area contributed by atoms with E-state index in [-0.39, 0.29) is 0 Å². The first-order chi connectivity index (χ1) is 8.75. The normalized spacial score (nSPS) is 16.9. The predicted octanol–water partition coefficient (Wildman–Crippen LogP) is 4.09. The van der Waals surface area contributed by atoms with E-state index in [1.807, 2.05) is 11.3 Å². The number of fused-ring (bicyclic) bond motifs is 5. The van der Waals surface area contributed by atoms with Crippen LogP contribution in [-0.2, 0) is 0 Å². The number of nitrogens with zero attached hydrogens (tertiary/aromatic N) is 1. The maximum absolute atomic E-state index is 2.48. The van der Waals surface area contributed by atoms with Crippen molar-refractivity contribution in [2.45, 2.75) is 19.9 Å². The van der Waals surface area contributed by atoms with Gasteiger partial charge in [-0.05, 0) is 25.1 Å². The summed E-state index contributed by atoms with van der Waals surface area (Å²) >= 11 is 1.90. The summed E-state index contributed by atoms with van der Waals surface area (Å²) in [5, 5.41) is 1.40. The van der Waals surface area contributed by atoms with Crippen LogP contribution in [0.25, 0.3) is 20.8 Å². The van der Waals surface area contributed by atoms with Crippen molar-refractivity contribution < 1.29 is 4.57 Å². The summed E-state index contributed by atoms with van der Waals surface area (Å²) in [6, 6.07) is 16.0. The van der Waals surface area contributed by atoms with Gasteiger partial charge in [0.2, 0.25) is 5.52 Å². The second kappa shape index (κ2) is 3.42. The summed E-state index contributed by atoms with van der Waals surface area (Å²) in [6.45, 7) is 4.47. The van der Waals surface area contributed by atoms with E-state index < -0.39 is 0 Å². The van der Waals surface area contributed by atoms with E-state index in [2.05, 4.69) is 60.9 Å².